The van der Waals surface area contributed by atoms with E-state index in [0.717, 1.165) is 18.7 Å². The number of para-hydroxylation sites is 1. The second-order valence-electron chi connectivity index (χ2n) is 7.66. The van der Waals surface area contributed by atoms with Gasteiger partial charge in [0.05, 0.1) is 0 Å². The molecule has 4 nitrogen and oxygen atoms in total. The van der Waals surface area contributed by atoms with Crippen molar-refractivity contribution in [1.82, 2.24) is 5.32 Å². The second-order valence-corrected chi connectivity index (χ2v) is 7.66. The quantitative estimate of drug-likeness (QED) is 0.866. The van der Waals surface area contributed by atoms with Gasteiger partial charge in [-0.25, -0.2) is 4.57 Å². The Morgan fingerprint density at radius 1 is 1.23 bits per heavy atom. The molecule has 1 amide bonds. The minimum absolute atomic E-state index is 0.114. The maximum absolute atomic E-state index is 12.4. The van der Waals surface area contributed by atoms with Gasteiger partial charge < -0.3 is 10.2 Å². The van der Waals surface area contributed by atoms with Crippen LogP contribution < -0.4 is 14.8 Å². The number of nitrogens with one attached hydrogen (secondary N) is 1. The topological polar surface area (TPSA) is 36.2 Å². The Bertz CT molecular complexity index is 886. The molecule has 2 aromatic rings. The molecule has 3 heterocycles. The molecule has 1 aromatic carbocycles. The third-order valence-electron chi connectivity index (χ3n) is 5.90. The van der Waals surface area contributed by atoms with E-state index in [2.05, 4.69) is 96.5 Å². The van der Waals surface area contributed by atoms with Gasteiger partial charge in [-0.05, 0) is 36.8 Å². The Labute approximate surface area is 155 Å². The number of hydrogen-bond donors (Lipinski definition) is 1. The van der Waals surface area contributed by atoms with Gasteiger partial charge in [-0.15, -0.1) is 0 Å². The van der Waals surface area contributed by atoms with Crippen molar-refractivity contribution in [2.75, 3.05) is 11.4 Å². The van der Waals surface area contributed by atoms with Crippen molar-refractivity contribution >= 4 is 17.7 Å². The first-order valence-corrected chi connectivity index (χ1v) is 9.34. The van der Waals surface area contributed by atoms with Crippen LogP contribution in [-0.4, -0.2) is 18.1 Å². The molecule has 2 aliphatic heterocycles. The van der Waals surface area contributed by atoms with E-state index in [0.29, 0.717) is 6.42 Å². The molecule has 0 bridgehead atoms. The van der Waals surface area contributed by atoms with E-state index in [9.17, 15) is 4.79 Å². The molecular weight excluding hydrogens is 322 g/mol. The number of rotatable bonds is 3. The highest BCUT2D eigenvalue weighted by atomic mass is 16.2. The summed E-state index contributed by atoms with van der Waals surface area (Å²) in [6, 6.07) is 12.7. The SMILES string of the molecule is CC[n+]1cccc(/C=C/C23NC(=O)CCN2c2ccccc2C3(C)C)c1. The summed E-state index contributed by atoms with van der Waals surface area (Å²) < 4.78 is 2.16. The fraction of sp³-hybridized carbons (Fsp3) is 0.364. The van der Waals surface area contributed by atoms with Crippen molar-refractivity contribution in [2.45, 2.75) is 44.8 Å². The van der Waals surface area contributed by atoms with Crippen LogP contribution in [0.1, 0.15) is 38.3 Å². The number of aromatic nitrogens is 1. The van der Waals surface area contributed by atoms with Gasteiger partial charge in [0.2, 0.25) is 5.91 Å². The zero-order valence-corrected chi connectivity index (χ0v) is 15.7. The molecule has 2 aliphatic rings. The summed E-state index contributed by atoms with van der Waals surface area (Å²) in [5.41, 5.74) is 2.86. The minimum atomic E-state index is -0.543. The van der Waals surface area contributed by atoms with Gasteiger partial charge in [0.25, 0.3) is 0 Å². The molecule has 1 aromatic heterocycles. The van der Waals surface area contributed by atoms with Crippen molar-refractivity contribution in [3.63, 3.8) is 0 Å². The number of carbonyl (C=O) groups excluding carboxylic acids is 1. The number of amides is 1. The molecule has 0 spiro atoms. The van der Waals surface area contributed by atoms with E-state index in [1.165, 1.54) is 11.3 Å². The van der Waals surface area contributed by atoms with Gasteiger partial charge in [0, 0.05) is 35.7 Å². The highest BCUT2D eigenvalue weighted by Crippen LogP contribution is 2.52. The molecule has 1 N–H and O–H groups in total. The molecular formula is C22H26N3O+. The highest BCUT2D eigenvalue weighted by Gasteiger charge is 2.57. The number of nitrogens with zero attached hydrogens (tertiary/aromatic N) is 2. The van der Waals surface area contributed by atoms with Crippen LogP contribution in [-0.2, 0) is 16.8 Å². The number of benzene rings is 1. The first-order valence-electron chi connectivity index (χ1n) is 9.34. The van der Waals surface area contributed by atoms with E-state index in [1.807, 2.05) is 0 Å². The summed E-state index contributed by atoms with van der Waals surface area (Å²) in [4.78, 5) is 14.7. The van der Waals surface area contributed by atoms with E-state index in [4.69, 9.17) is 0 Å². The molecule has 4 heteroatoms. The summed E-state index contributed by atoms with van der Waals surface area (Å²) in [6.45, 7) is 8.25. The lowest BCUT2D eigenvalue weighted by atomic mass is 9.74. The van der Waals surface area contributed by atoms with Crippen LogP contribution >= 0.6 is 0 Å². The van der Waals surface area contributed by atoms with Crippen LogP contribution in [0.25, 0.3) is 6.08 Å². The largest absolute Gasteiger partial charge is 0.344 e. The highest BCUT2D eigenvalue weighted by molar-refractivity contribution is 5.84. The van der Waals surface area contributed by atoms with Crippen LogP contribution in [0, 0.1) is 0 Å². The zero-order valence-electron chi connectivity index (χ0n) is 15.7. The first-order chi connectivity index (χ1) is 12.5. The van der Waals surface area contributed by atoms with Gasteiger partial charge in [-0.3, -0.25) is 4.79 Å². The summed E-state index contributed by atoms with van der Waals surface area (Å²) in [5.74, 6) is 0.114. The number of aryl methyl sites for hydroxylation is 1. The van der Waals surface area contributed by atoms with Gasteiger partial charge in [-0.1, -0.05) is 32.0 Å². The zero-order chi connectivity index (χ0) is 18.4. The standard InChI is InChI=1S/C22H25N3O/c1-4-24-14-7-8-17(16-24)11-13-22-21(2,3)18-9-5-6-10-19(18)25(22)15-12-20(26)23-22/h5-11,13-14,16H,4,12,15H2,1-3H3/p+1/b13-11+. The predicted octanol–water partition coefficient (Wildman–Crippen LogP) is 3.02. The molecule has 0 saturated carbocycles. The van der Waals surface area contributed by atoms with Crippen molar-refractivity contribution < 1.29 is 9.36 Å². The average molecular weight is 348 g/mol. The Kier molecular flexibility index (Phi) is 3.87. The molecule has 0 aliphatic carbocycles. The average Bonchev–Trinajstić information content (AvgIpc) is 2.85. The van der Waals surface area contributed by atoms with Gasteiger partial charge in [0.15, 0.2) is 12.4 Å². The van der Waals surface area contributed by atoms with Gasteiger partial charge in [-0.2, -0.15) is 0 Å². The smallest absolute Gasteiger partial charge is 0.223 e. The first kappa shape index (κ1) is 16.8. The normalized spacial score (nSPS) is 23.7. The molecule has 4 rings (SSSR count). The van der Waals surface area contributed by atoms with Crippen molar-refractivity contribution in [2.24, 2.45) is 0 Å². The second kappa shape index (κ2) is 5.97. The molecule has 26 heavy (non-hydrogen) atoms. The molecule has 1 unspecified atom stereocenters. The maximum atomic E-state index is 12.4. The van der Waals surface area contributed by atoms with Crippen molar-refractivity contribution in [3.8, 4) is 0 Å². The van der Waals surface area contributed by atoms with Crippen LogP contribution in [0.5, 0.6) is 0 Å². The van der Waals surface area contributed by atoms with Crippen LogP contribution in [0.15, 0.2) is 54.9 Å². The van der Waals surface area contributed by atoms with Crippen molar-refractivity contribution in [3.05, 3.63) is 66.0 Å². The van der Waals surface area contributed by atoms with E-state index in [1.54, 1.807) is 0 Å². The fourth-order valence-corrected chi connectivity index (χ4v) is 4.37. The fourth-order valence-electron chi connectivity index (χ4n) is 4.37. The number of hydrogen-bond acceptors (Lipinski definition) is 2. The van der Waals surface area contributed by atoms with E-state index in [-0.39, 0.29) is 11.3 Å². The van der Waals surface area contributed by atoms with Crippen LogP contribution in [0.3, 0.4) is 0 Å². The summed E-state index contributed by atoms with van der Waals surface area (Å²) in [6.07, 6.45) is 9.05. The molecule has 1 fully saturated rings. The monoisotopic (exact) mass is 348 g/mol. The maximum Gasteiger partial charge on any atom is 0.223 e. The lowest BCUT2D eigenvalue weighted by molar-refractivity contribution is -0.693. The number of anilines is 1. The Morgan fingerprint density at radius 3 is 2.85 bits per heavy atom. The molecule has 134 valence electrons. The third kappa shape index (κ3) is 2.36. The predicted molar refractivity (Wildman–Crippen MR) is 104 cm³/mol. The van der Waals surface area contributed by atoms with E-state index < -0.39 is 5.66 Å². The van der Waals surface area contributed by atoms with Crippen LogP contribution in [0.2, 0.25) is 0 Å². The van der Waals surface area contributed by atoms with Crippen molar-refractivity contribution in [1.29, 1.82) is 0 Å². The summed E-state index contributed by atoms with van der Waals surface area (Å²) in [7, 11) is 0. The van der Waals surface area contributed by atoms with Gasteiger partial charge >= 0.3 is 0 Å². The Morgan fingerprint density at radius 2 is 2.04 bits per heavy atom. The van der Waals surface area contributed by atoms with E-state index >= 15 is 0 Å². The third-order valence-corrected chi connectivity index (χ3v) is 5.90. The number of pyridine rings is 1. The Hall–Kier alpha value is -2.62. The lowest BCUT2D eigenvalue weighted by Crippen LogP contribution is -2.68. The Balaban J connectivity index is 1.82. The lowest BCUT2D eigenvalue weighted by Gasteiger charge is -2.49. The molecule has 1 saturated heterocycles. The minimum Gasteiger partial charge on any atom is -0.344 e. The number of fused-ring (bicyclic) bond motifs is 3. The summed E-state index contributed by atoms with van der Waals surface area (Å²) in [5, 5.41) is 3.32. The van der Waals surface area contributed by atoms with Gasteiger partial charge in [0.1, 0.15) is 12.2 Å². The van der Waals surface area contributed by atoms with Crippen LogP contribution in [0.4, 0.5) is 5.69 Å². The number of carbonyl (C=O) groups is 1. The molecule has 0 radical (unpaired) electrons. The molecule has 1 atom stereocenters. The summed E-state index contributed by atoms with van der Waals surface area (Å²) >= 11 is 0.